The van der Waals surface area contributed by atoms with Crippen LogP contribution >= 0.6 is 0 Å². The van der Waals surface area contributed by atoms with Gasteiger partial charge in [0.05, 0.1) is 28.8 Å². The molecular weight excluding hydrogens is 601 g/mol. The maximum Gasteiger partial charge on any atom is 0.435 e. The van der Waals surface area contributed by atoms with Crippen molar-refractivity contribution in [2.45, 2.75) is 64.8 Å². The van der Waals surface area contributed by atoms with Gasteiger partial charge >= 0.3 is 12.1 Å². The smallest absolute Gasteiger partial charge is 0.435 e. The van der Waals surface area contributed by atoms with E-state index in [4.69, 9.17) is 9.47 Å². The Kier molecular flexibility index (Phi) is 7.78. The van der Waals surface area contributed by atoms with Crippen molar-refractivity contribution in [1.82, 2.24) is 24.4 Å². The molecular formula is C33H31F3N6O4. The molecule has 5 aromatic rings. The third kappa shape index (κ3) is 6.44. The summed E-state index contributed by atoms with van der Waals surface area (Å²) in [7, 11) is 0. The molecule has 0 bridgehead atoms. The van der Waals surface area contributed by atoms with Gasteiger partial charge in [-0.1, -0.05) is 6.07 Å². The Morgan fingerprint density at radius 2 is 1.74 bits per heavy atom. The second kappa shape index (κ2) is 11.6. The van der Waals surface area contributed by atoms with Gasteiger partial charge in [-0.15, -0.1) is 0 Å². The van der Waals surface area contributed by atoms with Crippen LogP contribution in [-0.2, 0) is 17.3 Å². The van der Waals surface area contributed by atoms with Crippen molar-refractivity contribution in [2.24, 2.45) is 0 Å². The Bertz CT molecular complexity index is 1940. The summed E-state index contributed by atoms with van der Waals surface area (Å²) in [5.74, 6) is -0.00552. The molecule has 1 aliphatic rings. The van der Waals surface area contributed by atoms with Crippen LogP contribution < -0.4 is 10.1 Å². The van der Waals surface area contributed by atoms with Crippen molar-refractivity contribution < 1.29 is 32.2 Å². The number of anilines is 1. The standard InChI is InChI=1S/C33H31F3N6O4/c1-19-37-27-16-13-22(18-41(27)39-19)38-30(43)21-7-5-8-23(17-21)42-28-25(29(40-42)33(34,35)36)9-6-10-26(28)45-24-14-11-20(12-15-24)31(44)46-32(2,3)4/h5,7-8,11-18,26H,6,9-10H2,1-4H3,(H,38,43). The second-order valence-corrected chi connectivity index (χ2v) is 12.0. The molecule has 0 radical (unpaired) electrons. The number of alkyl halides is 3. The van der Waals surface area contributed by atoms with E-state index in [1.54, 1.807) is 93.0 Å². The summed E-state index contributed by atoms with van der Waals surface area (Å²) >= 11 is 0. The number of nitrogens with one attached hydrogen (secondary N) is 1. The molecule has 46 heavy (non-hydrogen) atoms. The van der Waals surface area contributed by atoms with Gasteiger partial charge < -0.3 is 14.8 Å². The Hall–Kier alpha value is -5.20. The lowest BCUT2D eigenvalue weighted by Crippen LogP contribution is -2.23. The summed E-state index contributed by atoms with van der Waals surface area (Å²) < 4.78 is 57.1. The van der Waals surface area contributed by atoms with E-state index in [0.717, 1.165) is 0 Å². The first-order valence-corrected chi connectivity index (χ1v) is 14.7. The van der Waals surface area contributed by atoms with Crippen molar-refractivity contribution in [2.75, 3.05) is 5.32 Å². The number of nitrogens with zero attached hydrogens (tertiary/aromatic N) is 5. The van der Waals surface area contributed by atoms with Crippen LogP contribution in [0.2, 0.25) is 0 Å². The van der Waals surface area contributed by atoms with Crippen LogP contribution in [0.1, 0.15) is 83.2 Å². The fraction of sp³-hybridized carbons (Fsp3) is 0.303. The van der Waals surface area contributed by atoms with Gasteiger partial charge in [0.2, 0.25) is 0 Å². The molecule has 1 atom stereocenters. The normalized spacial score (nSPS) is 15.0. The summed E-state index contributed by atoms with van der Waals surface area (Å²) in [6.45, 7) is 7.06. The number of carbonyl (C=O) groups excluding carboxylic acids is 2. The van der Waals surface area contributed by atoms with Crippen molar-refractivity contribution >= 4 is 23.2 Å². The van der Waals surface area contributed by atoms with Gasteiger partial charge in [0.15, 0.2) is 11.3 Å². The van der Waals surface area contributed by atoms with Crippen molar-refractivity contribution in [3.05, 3.63) is 101 Å². The van der Waals surface area contributed by atoms with E-state index in [0.29, 0.717) is 41.3 Å². The van der Waals surface area contributed by atoms with Crippen LogP contribution in [-0.4, -0.2) is 41.9 Å². The number of aromatic nitrogens is 5. The molecule has 0 aliphatic heterocycles. The third-order valence-corrected chi connectivity index (χ3v) is 7.30. The minimum absolute atomic E-state index is 0.0559. The van der Waals surface area contributed by atoms with E-state index in [1.165, 1.54) is 10.7 Å². The number of esters is 1. The van der Waals surface area contributed by atoms with E-state index in [9.17, 15) is 22.8 Å². The average molecular weight is 633 g/mol. The molecule has 10 nitrogen and oxygen atoms in total. The monoisotopic (exact) mass is 632 g/mol. The van der Waals surface area contributed by atoms with E-state index < -0.39 is 35.5 Å². The van der Waals surface area contributed by atoms with E-state index in [2.05, 4.69) is 20.5 Å². The molecule has 0 saturated heterocycles. The highest BCUT2D eigenvalue weighted by molar-refractivity contribution is 6.04. The number of hydrogen-bond acceptors (Lipinski definition) is 7. The molecule has 0 fully saturated rings. The zero-order chi connectivity index (χ0) is 32.8. The highest BCUT2D eigenvalue weighted by Gasteiger charge is 2.42. The molecule has 3 aromatic heterocycles. The maximum atomic E-state index is 14.2. The molecule has 13 heteroatoms. The quantitative estimate of drug-likeness (QED) is 0.203. The summed E-state index contributed by atoms with van der Waals surface area (Å²) in [4.78, 5) is 29.9. The zero-order valence-electron chi connectivity index (χ0n) is 25.6. The van der Waals surface area contributed by atoms with E-state index in [-0.39, 0.29) is 28.9 Å². The molecule has 1 amide bonds. The van der Waals surface area contributed by atoms with Gasteiger partial charge in [-0.3, -0.25) is 4.79 Å². The zero-order valence-corrected chi connectivity index (χ0v) is 25.6. The number of amides is 1. The SMILES string of the molecule is Cc1nc2ccc(NC(=O)c3cccc(-n4nc(C(F)(F)F)c5c4C(Oc4ccc(C(=O)OC(C)(C)C)cc4)CCC5)c3)cn2n1. The number of pyridine rings is 1. The molecule has 2 aromatic carbocycles. The molecule has 238 valence electrons. The van der Waals surface area contributed by atoms with Crippen LogP contribution in [0.15, 0.2) is 66.9 Å². The van der Waals surface area contributed by atoms with Gasteiger partial charge in [0.1, 0.15) is 23.3 Å². The number of fused-ring (bicyclic) bond motifs is 2. The summed E-state index contributed by atoms with van der Waals surface area (Å²) in [5, 5.41) is 11.1. The first-order valence-electron chi connectivity index (χ1n) is 14.7. The van der Waals surface area contributed by atoms with Crippen molar-refractivity contribution in [3.8, 4) is 11.4 Å². The highest BCUT2D eigenvalue weighted by atomic mass is 19.4. The molecule has 0 saturated carbocycles. The minimum atomic E-state index is -4.69. The first kappa shape index (κ1) is 30.8. The van der Waals surface area contributed by atoms with Crippen LogP contribution in [0.4, 0.5) is 18.9 Å². The lowest BCUT2D eigenvalue weighted by atomic mass is 9.92. The summed E-state index contributed by atoms with van der Waals surface area (Å²) in [6, 6.07) is 15.9. The maximum absolute atomic E-state index is 14.2. The van der Waals surface area contributed by atoms with E-state index in [1.807, 2.05) is 0 Å². The van der Waals surface area contributed by atoms with Crippen molar-refractivity contribution in [3.63, 3.8) is 0 Å². The molecule has 3 heterocycles. The van der Waals surface area contributed by atoms with Gasteiger partial charge in [-0.2, -0.15) is 23.4 Å². The largest absolute Gasteiger partial charge is 0.484 e. The first-order chi connectivity index (χ1) is 21.7. The van der Waals surface area contributed by atoms with E-state index >= 15 is 0 Å². The molecule has 1 N–H and O–H groups in total. The third-order valence-electron chi connectivity index (χ3n) is 7.30. The number of ether oxygens (including phenoxy) is 2. The van der Waals surface area contributed by atoms with Crippen LogP contribution in [0, 0.1) is 6.92 Å². The number of hydrogen-bond donors (Lipinski definition) is 1. The Morgan fingerprint density at radius 1 is 0.978 bits per heavy atom. The van der Waals surface area contributed by atoms with Crippen LogP contribution in [0.5, 0.6) is 5.75 Å². The molecule has 1 aliphatic carbocycles. The van der Waals surface area contributed by atoms with Gasteiger partial charge in [0.25, 0.3) is 5.91 Å². The van der Waals surface area contributed by atoms with Crippen LogP contribution in [0.25, 0.3) is 11.3 Å². The topological polar surface area (TPSA) is 113 Å². The number of halogens is 3. The summed E-state index contributed by atoms with van der Waals surface area (Å²) in [5.41, 5.74) is 0.577. The van der Waals surface area contributed by atoms with Gasteiger partial charge in [-0.25, -0.2) is 19.0 Å². The average Bonchev–Trinajstić information content (AvgIpc) is 3.57. The molecule has 6 rings (SSSR count). The minimum Gasteiger partial charge on any atom is -0.484 e. The number of benzene rings is 2. The molecule has 1 unspecified atom stereocenters. The Balaban J connectivity index is 1.30. The van der Waals surface area contributed by atoms with Gasteiger partial charge in [0, 0.05) is 11.1 Å². The van der Waals surface area contributed by atoms with Crippen molar-refractivity contribution in [1.29, 1.82) is 0 Å². The second-order valence-electron chi connectivity index (χ2n) is 12.0. The Labute approximate surface area is 262 Å². The Morgan fingerprint density at radius 3 is 2.46 bits per heavy atom. The predicted octanol–water partition coefficient (Wildman–Crippen LogP) is 6.91. The fourth-order valence-corrected chi connectivity index (χ4v) is 5.40. The van der Waals surface area contributed by atoms with Gasteiger partial charge in [-0.05, 0) is 102 Å². The number of aryl methyl sites for hydroxylation is 1. The summed E-state index contributed by atoms with van der Waals surface area (Å²) in [6.07, 6.45) is -2.77. The number of carbonyl (C=O) groups is 2. The lowest BCUT2D eigenvalue weighted by molar-refractivity contribution is -0.142. The lowest BCUT2D eigenvalue weighted by Gasteiger charge is -2.26. The highest BCUT2D eigenvalue weighted by Crippen LogP contribution is 2.42. The van der Waals surface area contributed by atoms with Crippen LogP contribution in [0.3, 0.4) is 0 Å². The molecule has 0 spiro atoms. The number of rotatable bonds is 6. The fourth-order valence-electron chi connectivity index (χ4n) is 5.40. The predicted molar refractivity (Wildman–Crippen MR) is 162 cm³/mol.